The van der Waals surface area contributed by atoms with E-state index < -0.39 is 16.9 Å². The Kier molecular flexibility index (Phi) is 3.79. The number of fused-ring (bicyclic) bond motifs is 1. The molecule has 0 aliphatic carbocycles. The van der Waals surface area contributed by atoms with E-state index in [1.807, 2.05) is 13.8 Å². The number of ether oxygens (including phenoxy) is 1. The molecule has 0 atom stereocenters. The Morgan fingerprint density at radius 1 is 1.21 bits per heavy atom. The molecule has 0 aromatic carbocycles. The van der Waals surface area contributed by atoms with Crippen LogP contribution in [0.2, 0.25) is 0 Å². The molecule has 1 aliphatic rings. The van der Waals surface area contributed by atoms with Crippen molar-refractivity contribution in [2.75, 3.05) is 19.7 Å². The Bertz CT molecular complexity index is 941. The maximum absolute atomic E-state index is 12.7. The van der Waals surface area contributed by atoms with Crippen LogP contribution in [0.1, 0.15) is 24.3 Å². The fourth-order valence-electron chi connectivity index (χ4n) is 2.93. The molecule has 1 saturated heterocycles. The number of pyridine rings is 1. The lowest BCUT2D eigenvalue weighted by atomic mass is 10.1. The number of hydrogen-bond acceptors (Lipinski definition) is 5. The SMILES string of the molecule is Cn1c(=O)c2ccc(C(=O)N3CCOC(C)(C)C3)nc2n(C)c1=O. The van der Waals surface area contributed by atoms with Gasteiger partial charge in [0.25, 0.3) is 11.5 Å². The molecule has 8 nitrogen and oxygen atoms in total. The smallest absolute Gasteiger partial charge is 0.332 e. The fourth-order valence-corrected chi connectivity index (χ4v) is 2.93. The summed E-state index contributed by atoms with van der Waals surface area (Å²) in [6, 6.07) is 3.07. The molecule has 3 heterocycles. The average Bonchev–Trinajstić information content (AvgIpc) is 2.56. The summed E-state index contributed by atoms with van der Waals surface area (Å²) in [7, 11) is 2.95. The van der Waals surface area contributed by atoms with E-state index >= 15 is 0 Å². The quantitative estimate of drug-likeness (QED) is 0.727. The molecule has 0 spiro atoms. The molecule has 0 bridgehead atoms. The molecule has 1 aliphatic heterocycles. The third-order valence-corrected chi connectivity index (χ3v) is 4.23. The molecule has 1 fully saturated rings. The number of aryl methyl sites for hydroxylation is 1. The fraction of sp³-hybridized carbons (Fsp3) is 0.500. The largest absolute Gasteiger partial charge is 0.372 e. The van der Waals surface area contributed by atoms with E-state index in [1.165, 1.54) is 24.7 Å². The second-order valence-corrected chi connectivity index (χ2v) is 6.61. The minimum atomic E-state index is -0.475. The van der Waals surface area contributed by atoms with Crippen molar-refractivity contribution in [3.05, 3.63) is 38.7 Å². The zero-order chi connectivity index (χ0) is 17.6. The van der Waals surface area contributed by atoms with Crippen LogP contribution in [0.5, 0.6) is 0 Å². The molecular formula is C16H20N4O4. The van der Waals surface area contributed by atoms with Crippen LogP contribution in [-0.2, 0) is 18.8 Å². The van der Waals surface area contributed by atoms with Crippen LogP contribution in [-0.4, -0.2) is 50.2 Å². The van der Waals surface area contributed by atoms with Gasteiger partial charge in [0, 0.05) is 27.2 Å². The summed E-state index contributed by atoms with van der Waals surface area (Å²) >= 11 is 0. The highest BCUT2D eigenvalue weighted by Gasteiger charge is 2.31. The second-order valence-electron chi connectivity index (χ2n) is 6.61. The summed E-state index contributed by atoms with van der Waals surface area (Å²) in [5, 5.41) is 0.304. The summed E-state index contributed by atoms with van der Waals surface area (Å²) in [5.74, 6) is -0.235. The topological polar surface area (TPSA) is 86.4 Å². The maximum Gasteiger partial charge on any atom is 0.332 e. The predicted molar refractivity (Wildman–Crippen MR) is 88.2 cm³/mol. The third kappa shape index (κ3) is 2.62. The summed E-state index contributed by atoms with van der Waals surface area (Å²) in [5.41, 5.74) is -0.887. The van der Waals surface area contributed by atoms with Gasteiger partial charge in [-0.3, -0.25) is 18.7 Å². The number of carbonyl (C=O) groups is 1. The number of aromatic nitrogens is 3. The Balaban J connectivity index is 2.07. The predicted octanol–water partition coefficient (Wildman–Crippen LogP) is -0.117. The zero-order valence-electron chi connectivity index (χ0n) is 14.2. The number of hydrogen-bond donors (Lipinski definition) is 0. The summed E-state index contributed by atoms with van der Waals surface area (Å²) in [6.07, 6.45) is 0. The van der Waals surface area contributed by atoms with Crippen molar-refractivity contribution in [1.82, 2.24) is 19.0 Å². The highest BCUT2D eigenvalue weighted by atomic mass is 16.5. The molecule has 0 radical (unpaired) electrons. The van der Waals surface area contributed by atoms with Gasteiger partial charge in [-0.1, -0.05) is 0 Å². The molecule has 0 N–H and O–H groups in total. The molecule has 1 amide bonds. The van der Waals surface area contributed by atoms with Gasteiger partial charge in [-0.05, 0) is 26.0 Å². The minimum Gasteiger partial charge on any atom is -0.372 e. The van der Waals surface area contributed by atoms with Crippen LogP contribution in [0.25, 0.3) is 11.0 Å². The van der Waals surface area contributed by atoms with Crippen LogP contribution in [0, 0.1) is 0 Å². The first-order valence-electron chi connectivity index (χ1n) is 7.71. The number of carbonyl (C=O) groups excluding carboxylic acids is 1. The van der Waals surface area contributed by atoms with E-state index in [4.69, 9.17) is 4.74 Å². The molecular weight excluding hydrogens is 312 g/mol. The summed E-state index contributed by atoms with van der Waals surface area (Å²) < 4.78 is 7.91. The van der Waals surface area contributed by atoms with Gasteiger partial charge in [0.1, 0.15) is 11.3 Å². The lowest BCUT2D eigenvalue weighted by molar-refractivity contribution is -0.0765. The van der Waals surface area contributed by atoms with Crippen molar-refractivity contribution in [3.8, 4) is 0 Å². The van der Waals surface area contributed by atoms with E-state index in [9.17, 15) is 14.4 Å². The number of morpholine rings is 1. The van der Waals surface area contributed by atoms with E-state index in [2.05, 4.69) is 4.98 Å². The van der Waals surface area contributed by atoms with E-state index in [1.54, 1.807) is 11.0 Å². The minimum absolute atomic E-state index is 0.210. The van der Waals surface area contributed by atoms with Gasteiger partial charge in [-0.2, -0.15) is 0 Å². The molecule has 24 heavy (non-hydrogen) atoms. The Labute approximate surface area is 138 Å². The first kappa shape index (κ1) is 16.4. The molecule has 0 unspecified atom stereocenters. The Morgan fingerprint density at radius 3 is 2.58 bits per heavy atom. The van der Waals surface area contributed by atoms with Gasteiger partial charge in [0.05, 0.1) is 17.6 Å². The molecule has 2 aromatic rings. The van der Waals surface area contributed by atoms with Gasteiger partial charge >= 0.3 is 5.69 Å². The molecule has 0 saturated carbocycles. The van der Waals surface area contributed by atoms with Crippen molar-refractivity contribution >= 4 is 16.9 Å². The monoisotopic (exact) mass is 332 g/mol. The van der Waals surface area contributed by atoms with Crippen molar-refractivity contribution in [3.63, 3.8) is 0 Å². The van der Waals surface area contributed by atoms with Crippen LogP contribution >= 0.6 is 0 Å². The Hall–Kier alpha value is -2.48. The van der Waals surface area contributed by atoms with Crippen molar-refractivity contribution in [1.29, 1.82) is 0 Å². The normalized spacial score (nSPS) is 17.2. The molecule has 128 valence electrons. The van der Waals surface area contributed by atoms with Crippen LogP contribution in [0.15, 0.2) is 21.7 Å². The maximum atomic E-state index is 12.7. The van der Waals surface area contributed by atoms with E-state index in [-0.39, 0.29) is 17.2 Å². The number of nitrogens with zero attached hydrogens (tertiary/aromatic N) is 4. The lowest BCUT2D eigenvalue weighted by Crippen LogP contribution is -2.50. The van der Waals surface area contributed by atoms with E-state index in [0.29, 0.717) is 25.1 Å². The average molecular weight is 332 g/mol. The van der Waals surface area contributed by atoms with Gasteiger partial charge in [-0.15, -0.1) is 0 Å². The van der Waals surface area contributed by atoms with Gasteiger partial charge in [0.15, 0.2) is 0 Å². The standard InChI is InChI=1S/C16H20N4O4/c1-16(2)9-20(7-8-24-16)14(22)11-6-5-10-12(17-11)18(3)15(23)19(4)13(10)21/h5-6H,7-9H2,1-4H3. The van der Waals surface area contributed by atoms with Crippen LogP contribution in [0.3, 0.4) is 0 Å². The first-order chi connectivity index (χ1) is 11.2. The van der Waals surface area contributed by atoms with E-state index in [0.717, 1.165) is 4.57 Å². The summed E-state index contributed by atoms with van der Waals surface area (Å²) in [6.45, 7) is 5.26. The molecule has 3 rings (SSSR count). The third-order valence-electron chi connectivity index (χ3n) is 4.23. The number of rotatable bonds is 1. The van der Waals surface area contributed by atoms with Crippen molar-refractivity contribution in [2.24, 2.45) is 14.1 Å². The van der Waals surface area contributed by atoms with Gasteiger partial charge in [-0.25, -0.2) is 9.78 Å². The second kappa shape index (κ2) is 5.55. The van der Waals surface area contributed by atoms with Crippen LogP contribution < -0.4 is 11.2 Å². The lowest BCUT2D eigenvalue weighted by Gasteiger charge is -2.37. The van der Waals surface area contributed by atoms with Crippen molar-refractivity contribution < 1.29 is 9.53 Å². The highest BCUT2D eigenvalue weighted by Crippen LogP contribution is 2.18. The first-order valence-corrected chi connectivity index (χ1v) is 7.71. The Morgan fingerprint density at radius 2 is 1.92 bits per heavy atom. The number of amides is 1. The zero-order valence-corrected chi connectivity index (χ0v) is 14.2. The highest BCUT2D eigenvalue weighted by molar-refractivity contribution is 5.94. The van der Waals surface area contributed by atoms with Gasteiger partial charge in [0.2, 0.25) is 0 Å². The van der Waals surface area contributed by atoms with Crippen LogP contribution in [0.4, 0.5) is 0 Å². The summed E-state index contributed by atoms with van der Waals surface area (Å²) in [4.78, 5) is 42.9. The molecule has 8 heteroatoms. The van der Waals surface area contributed by atoms with Gasteiger partial charge < -0.3 is 9.64 Å². The molecule has 2 aromatic heterocycles. The van der Waals surface area contributed by atoms with Crippen molar-refractivity contribution in [2.45, 2.75) is 19.4 Å².